The Kier molecular flexibility index (Phi) is 3.77. The Morgan fingerprint density at radius 2 is 2.00 bits per heavy atom. The fourth-order valence-electron chi connectivity index (χ4n) is 1.26. The summed E-state index contributed by atoms with van der Waals surface area (Å²) in [6, 6.07) is 7.81. The number of amides is 1. The molecule has 3 nitrogen and oxygen atoms in total. The molecule has 0 unspecified atom stereocenters. The van der Waals surface area contributed by atoms with E-state index < -0.39 is 0 Å². The van der Waals surface area contributed by atoms with Crippen molar-refractivity contribution in [3.8, 4) is 0 Å². The number of hydrogen-bond donors (Lipinski definition) is 1. The van der Waals surface area contributed by atoms with E-state index in [4.69, 9.17) is 4.74 Å². The van der Waals surface area contributed by atoms with Crippen LogP contribution in [0.25, 0.3) is 0 Å². The number of hydrogen-bond acceptors (Lipinski definition) is 2. The average molecular weight is 279 g/mol. The highest BCUT2D eigenvalue weighted by Crippen LogP contribution is 2.20. The van der Waals surface area contributed by atoms with E-state index in [1.807, 2.05) is 24.3 Å². The number of carbonyl (C=O) groups excluding carboxylic acids is 1. The van der Waals surface area contributed by atoms with Crippen molar-refractivity contribution in [2.75, 3.05) is 6.61 Å². The van der Waals surface area contributed by atoms with E-state index in [1.54, 1.807) is 0 Å². The molecule has 0 bridgehead atoms. The van der Waals surface area contributed by atoms with E-state index >= 15 is 0 Å². The number of benzene rings is 1. The number of halogens is 2. The molecule has 1 N–H and O–H groups in total. The first kappa shape index (κ1) is 11.3. The second-order valence-corrected chi connectivity index (χ2v) is 3.76. The topological polar surface area (TPSA) is 38.3 Å². The van der Waals surface area contributed by atoms with Crippen LogP contribution < -0.4 is 5.32 Å². The Hall–Kier alpha value is -0.740. The SMILES string of the molecule is Cl.O=C1N[C@H](c2ccc(Br)cc2)CO1. The summed E-state index contributed by atoms with van der Waals surface area (Å²) in [6.45, 7) is 0.417. The molecule has 0 spiro atoms. The van der Waals surface area contributed by atoms with Gasteiger partial charge in [0.15, 0.2) is 0 Å². The average Bonchev–Trinajstić information content (AvgIpc) is 2.53. The standard InChI is InChI=1S/C9H8BrNO2.ClH/c10-7-3-1-6(2-4-7)8-5-13-9(12)11-8;/h1-4,8H,5H2,(H,11,12);1H/t8-;/m0./s1. The summed E-state index contributed by atoms with van der Waals surface area (Å²) in [6.07, 6.45) is -0.340. The van der Waals surface area contributed by atoms with E-state index in [9.17, 15) is 4.79 Å². The number of nitrogens with one attached hydrogen (secondary N) is 1. The van der Waals surface area contributed by atoms with Gasteiger partial charge in [0.25, 0.3) is 0 Å². The molecular formula is C9H9BrClNO2. The van der Waals surface area contributed by atoms with Gasteiger partial charge >= 0.3 is 6.09 Å². The molecule has 1 amide bonds. The Bertz CT molecular complexity index is 328. The molecule has 2 rings (SSSR count). The molecule has 0 saturated carbocycles. The first-order valence-electron chi connectivity index (χ1n) is 3.94. The van der Waals surface area contributed by atoms with E-state index in [2.05, 4.69) is 21.2 Å². The highest BCUT2D eigenvalue weighted by Gasteiger charge is 2.23. The quantitative estimate of drug-likeness (QED) is 0.857. The summed E-state index contributed by atoms with van der Waals surface area (Å²) < 4.78 is 5.82. The van der Waals surface area contributed by atoms with Crippen molar-refractivity contribution < 1.29 is 9.53 Å². The third-order valence-electron chi connectivity index (χ3n) is 1.95. The van der Waals surface area contributed by atoms with Crippen LogP contribution in [0.5, 0.6) is 0 Å². The highest BCUT2D eigenvalue weighted by atomic mass is 79.9. The van der Waals surface area contributed by atoms with Crippen LogP contribution in [0.15, 0.2) is 28.7 Å². The second-order valence-electron chi connectivity index (χ2n) is 2.85. The van der Waals surface area contributed by atoms with Crippen molar-refractivity contribution in [1.82, 2.24) is 5.32 Å². The number of carbonyl (C=O) groups is 1. The molecule has 76 valence electrons. The van der Waals surface area contributed by atoms with Crippen molar-refractivity contribution in [3.63, 3.8) is 0 Å². The van der Waals surface area contributed by atoms with Crippen molar-refractivity contribution in [1.29, 1.82) is 0 Å². The third kappa shape index (κ3) is 2.39. The number of rotatable bonds is 1. The third-order valence-corrected chi connectivity index (χ3v) is 2.47. The zero-order valence-electron chi connectivity index (χ0n) is 7.20. The summed E-state index contributed by atoms with van der Waals surface area (Å²) in [5.74, 6) is 0. The lowest BCUT2D eigenvalue weighted by Gasteiger charge is -2.06. The van der Waals surface area contributed by atoms with Gasteiger partial charge in [0.2, 0.25) is 0 Å². The molecule has 1 aliphatic rings. The molecule has 0 aliphatic carbocycles. The molecule has 14 heavy (non-hydrogen) atoms. The van der Waals surface area contributed by atoms with Crippen LogP contribution in [0.2, 0.25) is 0 Å². The summed E-state index contributed by atoms with van der Waals surface area (Å²) in [5.41, 5.74) is 1.06. The summed E-state index contributed by atoms with van der Waals surface area (Å²) in [4.78, 5) is 10.8. The van der Waals surface area contributed by atoms with Crippen molar-refractivity contribution in [2.45, 2.75) is 6.04 Å². The minimum atomic E-state index is -0.340. The zero-order valence-corrected chi connectivity index (χ0v) is 9.60. The minimum Gasteiger partial charge on any atom is -0.447 e. The van der Waals surface area contributed by atoms with E-state index in [1.165, 1.54) is 0 Å². The van der Waals surface area contributed by atoms with Gasteiger partial charge in [-0.3, -0.25) is 0 Å². The van der Waals surface area contributed by atoms with E-state index in [0.717, 1.165) is 10.0 Å². The lowest BCUT2D eigenvalue weighted by Crippen LogP contribution is -2.18. The maximum atomic E-state index is 10.8. The molecular weight excluding hydrogens is 269 g/mol. The Morgan fingerprint density at radius 1 is 1.36 bits per heavy atom. The number of ether oxygens (including phenoxy) is 1. The summed E-state index contributed by atoms with van der Waals surface area (Å²) >= 11 is 3.35. The first-order valence-corrected chi connectivity index (χ1v) is 4.74. The Balaban J connectivity index is 0.000000980. The first-order chi connectivity index (χ1) is 6.25. The van der Waals surface area contributed by atoms with Crippen LogP contribution in [0, 0.1) is 0 Å². The molecule has 1 heterocycles. The minimum absolute atomic E-state index is 0. The number of cyclic esters (lactones) is 1. The fraction of sp³-hybridized carbons (Fsp3) is 0.222. The van der Waals surface area contributed by atoms with Crippen LogP contribution >= 0.6 is 28.3 Å². The fourth-order valence-corrected chi connectivity index (χ4v) is 1.52. The van der Waals surface area contributed by atoms with Crippen molar-refractivity contribution in [2.24, 2.45) is 0 Å². The van der Waals surface area contributed by atoms with Gasteiger partial charge in [-0.15, -0.1) is 12.4 Å². The second kappa shape index (κ2) is 4.66. The van der Waals surface area contributed by atoms with Crippen LogP contribution in [0.4, 0.5) is 4.79 Å². The summed E-state index contributed by atoms with van der Waals surface area (Å²) in [7, 11) is 0. The molecule has 1 aromatic rings. The lowest BCUT2D eigenvalue weighted by molar-refractivity contribution is 0.177. The van der Waals surface area contributed by atoms with Gasteiger partial charge < -0.3 is 10.1 Å². The van der Waals surface area contributed by atoms with Gasteiger partial charge in [-0.1, -0.05) is 28.1 Å². The Labute approximate surface area is 96.4 Å². The van der Waals surface area contributed by atoms with Gasteiger partial charge in [-0.25, -0.2) is 4.79 Å². The molecule has 1 atom stereocenters. The van der Waals surface area contributed by atoms with Crippen molar-refractivity contribution >= 4 is 34.4 Å². The van der Waals surface area contributed by atoms with Gasteiger partial charge in [-0.2, -0.15) is 0 Å². The molecule has 0 radical (unpaired) electrons. The predicted molar refractivity (Wildman–Crippen MR) is 58.6 cm³/mol. The largest absolute Gasteiger partial charge is 0.447 e. The van der Waals surface area contributed by atoms with E-state index in [0.29, 0.717) is 6.61 Å². The van der Waals surface area contributed by atoms with Gasteiger partial charge in [0, 0.05) is 4.47 Å². The highest BCUT2D eigenvalue weighted by molar-refractivity contribution is 9.10. The van der Waals surface area contributed by atoms with Crippen molar-refractivity contribution in [3.05, 3.63) is 34.3 Å². The van der Waals surface area contributed by atoms with Crippen LogP contribution in [0.1, 0.15) is 11.6 Å². The maximum absolute atomic E-state index is 10.8. The molecule has 5 heteroatoms. The lowest BCUT2D eigenvalue weighted by atomic mass is 10.1. The van der Waals surface area contributed by atoms with E-state index in [-0.39, 0.29) is 24.5 Å². The molecule has 1 fully saturated rings. The van der Waals surface area contributed by atoms with Crippen LogP contribution in [0.3, 0.4) is 0 Å². The number of alkyl carbamates (subject to hydrolysis) is 1. The zero-order chi connectivity index (χ0) is 9.26. The summed E-state index contributed by atoms with van der Waals surface area (Å²) in [5, 5.41) is 2.71. The molecule has 1 saturated heterocycles. The van der Waals surface area contributed by atoms with Crippen LogP contribution in [-0.2, 0) is 4.74 Å². The smallest absolute Gasteiger partial charge is 0.407 e. The van der Waals surface area contributed by atoms with Gasteiger partial charge in [0.05, 0.1) is 6.04 Å². The molecule has 0 aromatic heterocycles. The normalized spacial score (nSPS) is 19.5. The monoisotopic (exact) mass is 277 g/mol. The van der Waals surface area contributed by atoms with Gasteiger partial charge in [-0.05, 0) is 17.7 Å². The molecule has 1 aromatic carbocycles. The predicted octanol–water partition coefficient (Wildman–Crippen LogP) is 2.65. The molecule has 1 aliphatic heterocycles. The Morgan fingerprint density at radius 3 is 2.50 bits per heavy atom. The maximum Gasteiger partial charge on any atom is 0.407 e. The van der Waals surface area contributed by atoms with Gasteiger partial charge in [0.1, 0.15) is 6.61 Å². The van der Waals surface area contributed by atoms with Crippen LogP contribution in [-0.4, -0.2) is 12.7 Å².